The summed E-state index contributed by atoms with van der Waals surface area (Å²) in [5.41, 5.74) is 2.21. The van der Waals surface area contributed by atoms with Crippen molar-refractivity contribution in [2.45, 2.75) is 19.4 Å². The summed E-state index contributed by atoms with van der Waals surface area (Å²) in [6.45, 7) is 1.23. The lowest BCUT2D eigenvalue weighted by atomic mass is 10.1. The van der Waals surface area contributed by atoms with Crippen LogP contribution in [-0.2, 0) is 11.3 Å². The number of ether oxygens (including phenoxy) is 1. The van der Waals surface area contributed by atoms with Crippen LogP contribution in [0.25, 0.3) is 0 Å². The summed E-state index contributed by atoms with van der Waals surface area (Å²) in [6.07, 6.45) is 1.45. The van der Waals surface area contributed by atoms with Crippen molar-refractivity contribution in [1.29, 1.82) is 0 Å². The summed E-state index contributed by atoms with van der Waals surface area (Å²) < 4.78 is 5.46. The minimum Gasteiger partial charge on any atom is -0.423 e. The Morgan fingerprint density at radius 2 is 1.78 bits per heavy atom. The van der Waals surface area contributed by atoms with Gasteiger partial charge in [0.15, 0.2) is 0 Å². The van der Waals surface area contributed by atoms with E-state index in [9.17, 15) is 14.4 Å². The Labute approximate surface area is 190 Å². The smallest absolute Gasteiger partial charge is 0.343 e. The van der Waals surface area contributed by atoms with Crippen LogP contribution in [0.15, 0.2) is 72.8 Å². The first-order chi connectivity index (χ1) is 15.5. The molecule has 1 N–H and O–H groups in total. The number of hydrogen-bond acceptors (Lipinski definition) is 4. The molecule has 0 atom stereocenters. The van der Waals surface area contributed by atoms with Gasteiger partial charge in [-0.05, 0) is 60.5 Å². The molecule has 0 aliphatic carbocycles. The molecule has 0 unspecified atom stereocenters. The maximum absolute atomic E-state index is 12.6. The molecule has 0 saturated carbocycles. The summed E-state index contributed by atoms with van der Waals surface area (Å²) in [6, 6.07) is 20.4. The van der Waals surface area contributed by atoms with Gasteiger partial charge < -0.3 is 15.0 Å². The van der Waals surface area contributed by atoms with Gasteiger partial charge >= 0.3 is 5.97 Å². The molecule has 0 aromatic heterocycles. The molecule has 0 bridgehead atoms. The number of esters is 1. The fourth-order valence-corrected chi connectivity index (χ4v) is 3.73. The van der Waals surface area contributed by atoms with E-state index in [-0.39, 0.29) is 11.8 Å². The fourth-order valence-electron chi connectivity index (χ4n) is 3.50. The number of benzene rings is 3. The Balaban J connectivity index is 1.37. The Bertz CT molecular complexity index is 1160. The highest BCUT2D eigenvalue weighted by Crippen LogP contribution is 2.21. The number of amides is 2. The van der Waals surface area contributed by atoms with Gasteiger partial charge in [-0.25, -0.2) is 4.79 Å². The monoisotopic (exact) mass is 448 g/mol. The summed E-state index contributed by atoms with van der Waals surface area (Å²) in [4.78, 5) is 38.5. The number of nitrogens with zero attached hydrogens (tertiary/aromatic N) is 1. The molecule has 4 rings (SSSR count). The van der Waals surface area contributed by atoms with Gasteiger partial charge in [0.1, 0.15) is 5.75 Å². The average molecular weight is 449 g/mol. The van der Waals surface area contributed by atoms with Crippen LogP contribution in [0.2, 0.25) is 5.02 Å². The van der Waals surface area contributed by atoms with Crippen LogP contribution in [0.1, 0.15) is 39.1 Å². The fraction of sp³-hybridized carbons (Fsp3) is 0.160. The highest BCUT2D eigenvalue weighted by molar-refractivity contribution is 6.34. The zero-order valence-electron chi connectivity index (χ0n) is 17.2. The number of likely N-dealkylation sites (tertiary alicyclic amines) is 1. The van der Waals surface area contributed by atoms with E-state index in [1.54, 1.807) is 71.6 Å². The molecule has 3 aromatic rings. The van der Waals surface area contributed by atoms with Crippen LogP contribution >= 0.6 is 11.6 Å². The Morgan fingerprint density at radius 1 is 1.00 bits per heavy atom. The third-order valence-corrected chi connectivity index (χ3v) is 5.48. The molecule has 32 heavy (non-hydrogen) atoms. The number of nitrogens with one attached hydrogen (secondary N) is 1. The lowest BCUT2D eigenvalue weighted by Gasteiger charge is -2.15. The van der Waals surface area contributed by atoms with Crippen LogP contribution in [0, 0.1) is 0 Å². The number of hydrogen-bond donors (Lipinski definition) is 1. The average Bonchev–Trinajstić information content (AvgIpc) is 3.19. The molecule has 2 amide bonds. The molecule has 7 heteroatoms. The third-order valence-electron chi connectivity index (χ3n) is 5.15. The van der Waals surface area contributed by atoms with Crippen molar-refractivity contribution in [2.24, 2.45) is 0 Å². The van der Waals surface area contributed by atoms with E-state index in [1.807, 2.05) is 6.07 Å². The van der Waals surface area contributed by atoms with Gasteiger partial charge in [-0.3, -0.25) is 9.59 Å². The van der Waals surface area contributed by atoms with E-state index in [0.29, 0.717) is 40.6 Å². The van der Waals surface area contributed by atoms with Crippen LogP contribution in [0.3, 0.4) is 0 Å². The van der Waals surface area contributed by atoms with Gasteiger partial charge in [0.2, 0.25) is 5.91 Å². The predicted octanol–water partition coefficient (Wildman–Crippen LogP) is 4.93. The first-order valence-electron chi connectivity index (χ1n) is 10.2. The molecule has 1 saturated heterocycles. The topological polar surface area (TPSA) is 75.7 Å². The molecule has 1 aliphatic heterocycles. The molecule has 1 fully saturated rings. The summed E-state index contributed by atoms with van der Waals surface area (Å²) >= 11 is 6.05. The number of anilines is 1. The standard InChI is InChI=1S/C25H21ClN2O4/c26-22-8-2-1-7-21(22)24(30)27-19-10-12-20(13-11-19)32-25(31)18-6-3-5-17(15-18)16-28-14-4-9-23(28)29/h1-3,5-8,10-13,15H,4,9,14,16H2,(H,27,30). The number of carbonyl (C=O) groups excluding carboxylic acids is 3. The highest BCUT2D eigenvalue weighted by Gasteiger charge is 2.20. The van der Waals surface area contributed by atoms with Crippen LogP contribution in [0.5, 0.6) is 5.75 Å². The SMILES string of the molecule is O=C(Oc1ccc(NC(=O)c2ccccc2Cl)cc1)c1cccc(CN2CCCC2=O)c1. The second-order valence-corrected chi connectivity index (χ2v) is 7.87. The van der Waals surface area contributed by atoms with Crippen molar-refractivity contribution in [1.82, 2.24) is 4.90 Å². The van der Waals surface area contributed by atoms with Gasteiger partial charge in [-0.1, -0.05) is 35.9 Å². The number of rotatable bonds is 6. The third kappa shape index (κ3) is 5.15. The maximum Gasteiger partial charge on any atom is 0.343 e. The number of carbonyl (C=O) groups is 3. The van der Waals surface area contributed by atoms with Crippen molar-refractivity contribution >= 4 is 35.1 Å². The highest BCUT2D eigenvalue weighted by atomic mass is 35.5. The lowest BCUT2D eigenvalue weighted by Crippen LogP contribution is -2.24. The maximum atomic E-state index is 12.6. The lowest BCUT2D eigenvalue weighted by molar-refractivity contribution is -0.128. The first-order valence-corrected chi connectivity index (χ1v) is 10.6. The van der Waals surface area contributed by atoms with Gasteiger partial charge in [0.05, 0.1) is 16.1 Å². The van der Waals surface area contributed by atoms with E-state index in [2.05, 4.69) is 5.32 Å². The van der Waals surface area contributed by atoms with Gasteiger partial charge in [-0.2, -0.15) is 0 Å². The second-order valence-electron chi connectivity index (χ2n) is 7.47. The predicted molar refractivity (Wildman–Crippen MR) is 122 cm³/mol. The van der Waals surface area contributed by atoms with Crippen molar-refractivity contribution in [2.75, 3.05) is 11.9 Å². The minimum absolute atomic E-state index is 0.139. The minimum atomic E-state index is -0.493. The van der Waals surface area contributed by atoms with Crippen LogP contribution in [-0.4, -0.2) is 29.2 Å². The Hall–Kier alpha value is -3.64. The second kappa shape index (κ2) is 9.66. The molecular weight excluding hydrogens is 428 g/mol. The molecule has 162 valence electrons. The van der Waals surface area contributed by atoms with Gasteiger partial charge in [-0.15, -0.1) is 0 Å². The zero-order chi connectivity index (χ0) is 22.5. The normalized spacial score (nSPS) is 13.2. The van der Waals surface area contributed by atoms with E-state index < -0.39 is 5.97 Å². The summed E-state index contributed by atoms with van der Waals surface area (Å²) in [5.74, 6) is -0.327. The summed E-state index contributed by atoms with van der Waals surface area (Å²) in [5, 5.41) is 3.13. The number of halogens is 1. The molecule has 0 radical (unpaired) electrons. The summed E-state index contributed by atoms with van der Waals surface area (Å²) in [7, 11) is 0. The first kappa shape index (κ1) is 21.6. The molecular formula is C25H21ClN2O4. The van der Waals surface area contributed by atoms with Crippen LogP contribution in [0.4, 0.5) is 5.69 Å². The molecule has 0 spiro atoms. The van der Waals surface area contributed by atoms with E-state index in [0.717, 1.165) is 18.5 Å². The van der Waals surface area contributed by atoms with E-state index >= 15 is 0 Å². The molecule has 3 aromatic carbocycles. The van der Waals surface area contributed by atoms with Gasteiger partial charge in [0.25, 0.3) is 5.91 Å². The largest absolute Gasteiger partial charge is 0.423 e. The van der Waals surface area contributed by atoms with Crippen molar-refractivity contribution in [3.63, 3.8) is 0 Å². The van der Waals surface area contributed by atoms with Gasteiger partial charge in [0, 0.05) is 25.2 Å². The van der Waals surface area contributed by atoms with Crippen LogP contribution < -0.4 is 10.1 Å². The Morgan fingerprint density at radius 3 is 2.50 bits per heavy atom. The van der Waals surface area contributed by atoms with Crippen molar-refractivity contribution < 1.29 is 19.1 Å². The Kier molecular flexibility index (Phi) is 6.52. The quantitative estimate of drug-likeness (QED) is 0.428. The molecule has 1 aliphatic rings. The van der Waals surface area contributed by atoms with Crippen molar-refractivity contribution in [3.05, 3.63) is 94.5 Å². The zero-order valence-corrected chi connectivity index (χ0v) is 18.0. The molecule has 6 nitrogen and oxygen atoms in total. The van der Waals surface area contributed by atoms with E-state index in [4.69, 9.17) is 16.3 Å². The van der Waals surface area contributed by atoms with Crippen molar-refractivity contribution in [3.8, 4) is 5.75 Å². The molecule has 1 heterocycles. The van der Waals surface area contributed by atoms with E-state index in [1.165, 1.54) is 0 Å².